The van der Waals surface area contributed by atoms with E-state index in [2.05, 4.69) is 0 Å². The molecular weight excluding hydrogens is 166 g/mol. The van der Waals surface area contributed by atoms with Crippen LogP contribution in [0.1, 0.15) is 5.56 Å². The van der Waals surface area contributed by atoms with Gasteiger partial charge in [0.05, 0.1) is 11.0 Å². The summed E-state index contributed by atoms with van der Waals surface area (Å²) in [6, 6.07) is 1.82. The van der Waals surface area contributed by atoms with E-state index in [0.29, 0.717) is 11.6 Å². The summed E-state index contributed by atoms with van der Waals surface area (Å²) < 4.78 is 3.34. The number of anilines is 2. The van der Waals surface area contributed by atoms with Gasteiger partial charge in [-0.05, 0) is 6.92 Å². The number of rotatable bonds is 0. The number of hydrogen-bond acceptors (Lipinski definition) is 3. The Balaban J connectivity index is 3.01. The van der Waals surface area contributed by atoms with Crippen molar-refractivity contribution in [3.8, 4) is 0 Å². The minimum atomic E-state index is 0.584. The van der Waals surface area contributed by atoms with Crippen LogP contribution in [0, 0.1) is 6.92 Å². The highest BCUT2D eigenvalue weighted by atomic mass is 15.3. The molecule has 6 N–H and O–H groups in total. The van der Waals surface area contributed by atoms with Crippen LogP contribution >= 0.6 is 0 Å². The first kappa shape index (κ1) is 7.85. The Bertz CT molecular complexity index is 476. The topological polar surface area (TPSA) is 87.9 Å². The molecule has 0 aliphatic heterocycles. The molecule has 2 aromatic heterocycles. The van der Waals surface area contributed by atoms with Crippen molar-refractivity contribution in [3.05, 3.63) is 11.6 Å². The molecule has 0 bridgehead atoms. The maximum atomic E-state index is 5.76. The summed E-state index contributed by atoms with van der Waals surface area (Å²) in [6.07, 6.45) is 0. The lowest BCUT2D eigenvalue weighted by atomic mass is 10.3. The van der Waals surface area contributed by atoms with E-state index >= 15 is 0 Å². The molecule has 0 aliphatic carbocycles. The second-order valence-corrected chi connectivity index (χ2v) is 3.24. The van der Waals surface area contributed by atoms with Crippen molar-refractivity contribution < 1.29 is 0 Å². The van der Waals surface area contributed by atoms with E-state index in [-0.39, 0.29) is 0 Å². The Kier molecular flexibility index (Phi) is 1.28. The van der Waals surface area contributed by atoms with Crippen LogP contribution in [0.15, 0.2) is 6.07 Å². The lowest BCUT2D eigenvalue weighted by molar-refractivity contribution is 0.979. The Hall–Kier alpha value is -1.78. The molecule has 0 saturated heterocycles. The van der Waals surface area contributed by atoms with Crippen LogP contribution < -0.4 is 17.3 Å². The van der Waals surface area contributed by atoms with Gasteiger partial charge in [-0.15, -0.1) is 0 Å². The van der Waals surface area contributed by atoms with Gasteiger partial charge in [0.1, 0.15) is 11.6 Å². The monoisotopic (exact) mass is 179 g/mol. The molecule has 0 amide bonds. The van der Waals surface area contributed by atoms with Gasteiger partial charge in [0, 0.05) is 18.7 Å². The highest BCUT2D eigenvalue weighted by Gasteiger charge is 2.14. The van der Waals surface area contributed by atoms with E-state index in [1.54, 1.807) is 0 Å². The smallest absolute Gasteiger partial charge is 0.127 e. The zero-order chi connectivity index (χ0) is 9.75. The van der Waals surface area contributed by atoms with Gasteiger partial charge < -0.3 is 21.9 Å². The predicted molar refractivity (Wildman–Crippen MR) is 54.6 cm³/mol. The third kappa shape index (κ3) is 0.756. The van der Waals surface area contributed by atoms with Crippen molar-refractivity contribution >= 4 is 22.7 Å². The van der Waals surface area contributed by atoms with E-state index in [4.69, 9.17) is 17.3 Å². The van der Waals surface area contributed by atoms with E-state index in [1.807, 2.05) is 24.6 Å². The van der Waals surface area contributed by atoms with Crippen LogP contribution in [-0.2, 0) is 7.05 Å². The van der Waals surface area contributed by atoms with Gasteiger partial charge in [-0.2, -0.15) is 0 Å². The third-order valence-corrected chi connectivity index (χ3v) is 2.51. The average molecular weight is 179 g/mol. The molecule has 0 aromatic carbocycles. The average Bonchev–Trinajstić information content (AvgIpc) is 2.48. The Morgan fingerprint density at radius 1 is 1.31 bits per heavy atom. The van der Waals surface area contributed by atoms with Crippen molar-refractivity contribution in [1.29, 1.82) is 0 Å². The summed E-state index contributed by atoms with van der Waals surface area (Å²) in [4.78, 5) is 0. The second kappa shape index (κ2) is 2.12. The Morgan fingerprint density at radius 2 is 1.92 bits per heavy atom. The third-order valence-electron chi connectivity index (χ3n) is 2.51. The van der Waals surface area contributed by atoms with Gasteiger partial charge in [-0.1, -0.05) is 0 Å². The molecular formula is C8H13N5. The van der Waals surface area contributed by atoms with Crippen LogP contribution in [0.5, 0.6) is 0 Å². The van der Waals surface area contributed by atoms with Crippen molar-refractivity contribution in [2.24, 2.45) is 7.05 Å². The first-order chi connectivity index (χ1) is 6.04. The lowest BCUT2D eigenvalue weighted by Crippen LogP contribution is -2.11. The fourth-order valence-corrected chi connectivity index (χ4v) is 1.67. The molecule has 0 radical (unpaired) electrons. The molecule has 0 fully saturated rings. The van der Waals surface area contributed by atoms with Crippen LogP contribution in [0.2, 0.25) is 0 Å². The van der Waals surface area contributed by atoms with Crippen molar-refractivity contribution in [1.82, 2.24) is 9.24 Å². The molecule has 0 aliphatic rings. The minimum absolute atomic E-state index is 0.584. The number of nitrogens with zero attached hydrogens (tertiary/aromatic N) is 2. The van der Waals surface area contributed by atoms with Gasteiger partial charge in [-0.3, -0.25) is 0 Å². The SMILES string of the molecule is Cc1c(N)n(N)c2cc(N)n(C)c12. The molecule has 5 heteroatoms. The van der Waals surface area contributed by atoms with Crippen LogP contribution in [0.4, 0.5) is 11.6 Å². The predicted octanol–water partition coefficient (Wildman–Crippen LogP) is 0.166. The zero-order valence-corrected chi connectivity index (χ0v) is 7.70. The number of nitrogens with two attached hydrogens (primary N) is 3. The van der Waals surface area contributed by atoms with E-state index in [1.165, 1.54) is 4.68 Å². The molecule has 0 spiro atoms. The van der Waals surface area contributed by atoms with Gasteiger partial charge in [0.25, 0.3) is 0 Å². The lowest BCUT2D eigenvalue weighted by Gasteiger charge is -1.99. The molecule has 2 aromatic rings. The highest BCUT2D eigenvalue weighted by Crippen LogP contribution is 2.28. The first-order valence-corrected chi connectivity index (χ1v) is 4.00. The summed E-state index contributed by atoms with van der Waals surface area (Å²) in [5, 5.41) is 0. The molecule has 2 rings (SSSR count). The van der Waals surface area contributed by atoms with Crippen LogP contribution in [-0.4, -0.2) is 9.24 Å². The summed E-state index contributed by atoms with van der Waals surface area (Å²) in [5.41, 5.74) is 14.3. The van der Waals surface area contributed by atoms with Gasteiger partial charge >= 0.3 is 0 Å². The zero-order valence-electron chi connectivity index (χ0n) is 7.70. The number of aromatic nitrogens is 2. The molecule has 0 saturated carbocycles. The van der Waals surface area contributed by atoms with Crippen molar-refractivity contribution in [3.63, 3.8) is 0 Å². The van der Waals surface area contributed by atoms with Crippen molar-refractivity contribution in [2.75, 3.05) is 17.3 Å². The number of aryl methyl sites for hydroxylation is 2. The summed E-state index contributed by atoms with van der Waals surface area (Å²) in [5.74, 6) is 7.02. The van der Waals surface area contributed by atoms with Crippen LogP contribution in [0.3, 0.4) is 0 Å². The maximum Gasteiger partial charge on any atom is 0.127 e. The first-order valence-electron chi connectivity index (χ1n) is 4.00. The largest absolute Gasteiger partial charge is 0.385 e. The van der Waals surface area contributed by atoms with Gasteiger partial charge in [0.2, 0.25) is 0 Å². The fourth-order valence-electron chi connectivity index (χ4n) is 1.67. The van der Waals surface area contributed by atoms with Gasteiger partial charge in [0.15, 0.2) is 0 Å². The number of hydrogen-bond donors (Lipinski definition) is 3. The maximum absolute atomic E-state index is 5.76. The summed E-state index contributed by atoms with van der Waals surface area (Å²) in [7, 11) is 1.89. The second-order valence-electron chi connectivity index (χ2n) is 3.24. The van der Waals surface area contributed by atoms with E-state index < -0.39 is 0 Å². The molecule has 2 heterocycles. The highest BCUT2D eigenvalue weighted by molar-refractivity contribution is 5.90. The number of fused-ring (bicyclic) bond motifs is 1. The Morgan fingerprint density at radius 3 is 2.46 bits per heavy atom. The van der Waals surface area contributed by atoms with E-state index in [9.17, 15) is 0 Å². The quantitative estimate of drug-likeness (QED) is 0.503. The molecule has 5 nitrogen and oxygen atoms in total. The molecule has 70 valence electrons. The number of nitrogen functional groups attached to an aromatic ring is 3. The summed E-state index contributed by atoms with van der Waals surface area (Å²) in [6.45, 7) is 1.93. The summed E-state index contributed by atoms with van der Waals surface area (Å²) >= 11 is 0. The minimum Gasteiger partial charge on any atom is -0.385 e. The Labute approximate surface area is 75.7 Å². The van der Waals surface area contributed by atoms with Crippen molar-refractivity contribution in [2.45, 2.75) is 6.92 Å². The van der Waals surface area contributed by atoms with Crippen LogP contribution in [0.25, 0.3) is 11.0 Å². The molecule has 13 heavy (non-hydrogen) atoms. The normalized spacial score (nSPS) is 11.2. The molecule has 0 atom stereocenters. The fraction of sp³-hybridized carbons (Fsp3) is 0.250. The standard InChI is InChI=1S/C8H13N5/c1-4-7-5(13(11)8(4)10)3-6(9)12(7)2/h3H,9-11H2,1-2H3. The van der Waals surface area contributed by atoms with E-state index in [0.717, 1.165) is 16.6 Å². The molecule has 0 unspecified atom stereocenters. The van der Waals surface area contributed by atoms with Gasteiger partial charge in [-0.25, -0.2) is 4.68 Å².